The molecule has 4 unspecified atom stereocenters. The Morgan fingerprint density at radius 2 is 2.19 bits per heavy atom. The van der Waals surface area contributed by atoms with Gasteiger partial charge >= 0.3 is 0 Å². The molecule has 0 aliphatic heterocycles. The van der Waals surface area contributed by atoms with E-state index in [1.807, 2.05) is 13.2 Å². The zero-order valence-electron chi connectivity index (χ0n) is 12.0. The van der Waals surface area contributed by atoms with Crippen LogP contribution in [0.3, 0.4) is 0 Å². The van der Waals surface area contributed by atoms with E-state index in [4.69, 9.17) is 0 Å². The molecule has 0 saturated heterocycles. The van der Waals surface area contributed by atoms with Crippen LogP contribution in [0.2, 0.25) is 0 Å². The van der Waals surface area contributed by atoms with Gasteiger partial charge in [-0.15, -0.1) is 0 Å². The van der Waals surface area contributed by atoms with Crippen molar-refractivity contribution in [1.29, 1.82) is 0 Å². The van der Waals surface area contributed by atoms with E-state index in [-0.39, 0.29) is 35.6 Å². The zero-order chi connectivity index (χ0) is 15.6. The van der Waals surface area contributed by atoms with Crippen molar-refractivity contribution in [1.82, 2.24) is 5.32 Å². The molecule has 0 aromatic heterocycles. The molecule has 116 valence electrons. The number of amides is 1. The molecule has 1 saturated carbocycles. The molecule has 1 aliphatic rings. The Bertz CT molecular complexity index is 522. The molecule has 1 fully saturated rings. The normalized spacial score (nSPS) is 23.5. The summed E-state index contributed by atoms with van der Waals surface area (Å²) in [6.45, 7) is 1.85. The summed E-state index contributed by atoms with van der Waals surface area (Å²) in [5.41, 5.74) is 0.658. The van der Waals surface area contributed by atoms with Crippen molar-refractivity contribution in [2.75, 3.05) is 12.9 Å². The highest BCUT2D eigenvalue weighted by Gasteiger charge is 2.44. The van der Waals surface area contributed by atoms with Crippen LogP contribution in [-0.4, -0.2) is 35.2 Å². The van der Waals surface area contributed by atoms with Gasteiger partial charge in [0.15, 0.2) is 11.6 Å². The van der Waals surface area contributed by atoms with E-state index < -0.39 is 11.6 Å². The van der Waals surface area contributed by atoms with Gasteiger partial charge in [0.05, 0.1) is 6.61 Å². The molecule has 2 N–H and O–H groups in total. The van der Waals surface area contributed by atoms with Crippen LogP contribution in [0, 0.1) is 17.6 Å². The van der Waals surface area contributed by atoms with Crippen molar-refractivity contribution in [3.63, 3.8) is 0 Å². The number of halogens is 2. The molecule has 6 heteroatoms. The topological polar surface area (TPSA) is 49.3 Å². The molecule has 1 aromatic carbocycles. The highest BCUT2D eigenvalue weighted by Crippen LogP contribution is 2.47. The minimum Gasteiger partial charge on any atom is -0.395 e. The number of thioether (sulfide) groups is 1. The smallest absolute Gasteiger partial charge is 0.223 e. The highest BCUT2D eigenvalue weighted by atomic mass is 32.2. The summed E-state index contributed by atoms with van der Waals surface area (Å²) >= 11 is 1.50. The fourth-order valence-electron chi connectivity index (χ4n) is 2.46. The third kappa shape index (κ3) is 3.74. The van der Waals surface area contributed by atoms with Crippen molar-refractivity contribution in [3.8, 4) is 0 Å². The molecule has 1 aliphatic carbocycles. The Morgan fingerprint density at radius 1 is 1.48 bits per heavy atom. The van der Waals surface area contributed by atoms with Crippen molar-refractivity contribution >= 4 is 17.7 Å². The van der Waals surface area contributed by atoms with Crippen LogP contribution < -0.4 is 5.32 Å². The van der Waals surface area contributed by atoms with E-state index in [0.29, 0.717) is 12.0 Å². The van der Waals surface area contributed by atoms with Crippen LogP contribution in [0.5, 0.6) is 0 Å². The Balaban J connectivity index is 1.93. The first kappa shape index (κ1) is 16.2. The summed E-state index contributed by atoms with van der Waals surface area (Å²) in [5, 5.41) is 12.0. The van der Waals surface area contributed by atoms with Crippen LogP contribution in [0.1, 0.15) is 24.8 Å². The number of aliphatic hydroxyl groups is 1. The van der Waals surface area contributed by atoms with Crippen LogP contribution in [0.15, 0.2) is 18.2 Å². The Kier molecular flexibility index (Phi) is 5.22. The van der Waals surface area contributed by atoms with E-state index in [1.165, 1.54) is 17.8 Å². The first-order chi connectivity index (χ1) is 9.97. The highest BCUT2D eigenvalue weighted by molar-refractivity contribution is 7.99. The van der Waals surface area contributed by atoms with E-state index in [0.717, 1.165) is 12.1 Å². The van der Waals surface area contributed by atoms with Gasteiger partial charge in [0.25, 0.3) is 0 Å². The molecular weight excluding hydrogens is 296 g/mol. The summed E-state index contributed by atoms with van der Waals surface area (Å²) in [4.78, 5) is 12.1. The molecule has 2 rings (SSSR count). The lowest BCUT2D eigenvalue weighted by atomic mass is 10.1. The molecule has 1 aromatic rings. The fraction of sp³-hybridized carbons (Fsp3) is 0.533. The van der Waals surface area contributed by atoms with Gasteiger partial charge in [0.1, 0.15) is 0 Å². The average Bonchev–Trinajstić information content (AvgIpc) is 3.23. The van der Waals surface area contributed by atoms with E-state index in [1.54, 1.807) is 0 Å². The van der Waals surface area contributed by atoms with E-state index in [2.05, 4.69) is 5.32 Å². The number of hydrogen-bond donors (Lipinski definition) is 2. The lowest BCUT2D eigenvalue weighted by molar-refractivity contribution is -0.123. The van der Waals surface area contributed by atoms with Gasteiger partial charge in [0.2, 0.25) is 5.91 Å². The second-order valence-corrected chi connectivity index (χ2v) is 6.45. The molecule has 0 heterocycles. The maximum absolute atomic E-state index is 13.2. The largest absolute Gasteiger partial charge is 0.395 e. The second-order valence-electron chi connectivity index (χ2n) is 5.38. The zero-order valence-corrected chi connectivity index (χ0v) is 12.8. The van der Waals surface area contributed by atoms with Crippen molar-refractivity contribution in [2.45, 2.75) is 30.6 Å². The van der Waals surface area contributed by atoms with Crippen molar-refractivity contribution in [2.24, 2.45) is 5.92 Å². The number of carbonyl (C=O) groups excluding carboxylic acids is 1. The molecule has 0 radical (unpaired) electrons. The monoisotopic (exact) mass is 315 g/mol. The minimum atomic E-state index is -0.880. The first-order valence-corrected chi connectivity index (χ1v) is 8.15. The van der Waals surface area contributed by atoms with Crippen LogP contribution in [-0.2, 0) is 4.79 Å². The lowest BCUT2D eigenvalue weighted by Gasteiger charge is -2.21. The number of hydrogen-bond acceptors (Lipinski definition) is 3. The summed E-state index contributed by atoms with van der Waals surface area (Å²) in [6, 6.07) is 3.65. The van der Waals surface area contributed by atoms with E-state index >= 15 is 0 Å². The Hall–Kier alpha value is -1.14. The lowest BCUT2D eigenvalue weighted by Crippen LogP contribution is -2.42. The molecule has 1 amide bonds. The third-order valence-electron chi connectivity index (χ3n) is 3.91. The van der Waals surface area contributed by atoms with Gasteiger partial charge in [-0.2, -0.15) is 11.8 Å². The molecular formula is C15H19F2NO2S. The van der Waals surface area contributed by atoms with Gasteiger partial charge in [-0.1, -0.05) is 6.07 Å². The SMILES string of the molecule is CSC(CO)C(C)NC(=O)C1CC1c1ccc(F)c(F)c1. The van der Waals surface area contributed by atoms with Crippen LogP contribution in [0.4, 0.5) is 8.78 Å². The predicted molar refractivity (Wildman–Crippen MR) is 79.2 cm³/mol. The quantitative estimate of drug-likeness (QED) is 0.847. The first-order valence-electron chi connectivity index (χ1n) is 6.87. The summed E-state index contributed by atoms with van der Waals surface area (Å²) in [5.74, 6) is -2.09. The van der Waals surface area contributed by atoms with Crippen molar-refractivity contribution in [3.05, 3.63) is 35.4 Å². The molecule has 0 spiro atoms. The maximum Gasteiger partial charge on any atom is 0.223 e. The second kappa shape index (κ2) is 6.75. The van der Waals surface area contributed by atoms with Gasteiger partial charge in [0, 0.05) is 17.2 Å². The molecule has 3 nitrogen and oxygen atoms in total. The van der Waals surface area contributed by atoms with Gasteiger partial charge in [-0.25, -0.2) is 8.78 Å². The van der Waals surface area contributed by atoms with Gasteiger partial charge in [-0.3, -0.25) is 4.79 Å². The average molecular weight is 315 g/mol. The number of aliphatic hydroxyl groups excluding tert-OH is 1. The summed E-state index contributed by atoms with van der Waals surface area (Å²) < 4.78 is 26.1. The fourth-order valence-corrected chi connectivity index (χ4v) is 3.08. The number of carbonyl (C=O) groups is 1. The van der Waals surface area contributed by atoms with Gasteiger partial charge in [-0.05, 0) is 43.2 Å². The van der Waals surface area contributed by atoms with Crippen molar-refractivity contribution < 1.29 is 18.7 Å². The van der Waals surface area contributed by atoms with E-state index in [9.17, 15) is 18.7 Å². The molecule has 21 heavy (non-hydrogen) atoms. The Labute approximate surface area is 127 Å². The number of nitrogens with one attached hydrogen (secondary N) is 1. The van der Waals surface area contributed by atoms with Gasteiger partial charge < -0.3 is 10.4 Å². The maximum atomic E-state index is 13.2. The predicted octanol–water partition coefficient (Wildman–Crippen LogP) is 2.30. The number of benzene rings is 1. The summed E-state index contributed by atoms with van der Waals surface area (Å²) in [7, 11) is 0. The standard InChI is InChI=1S/C15H19F2NO2S/c1-8(14(7-19)21-2)18-15(20)11-6-10(11)9-3-4-12(16)13(17)5-9/h3-5,8,10-11,14,19H,6-7H2,1-2H3,(H,18,20). The Morgan fingerprint density at radius 3 is 2.76 bits per heavy atom. The third-order valence-corrected chi connectivity index (χ3v) is 5.07. The summed E-state index contributed by atoms with van der Waals surface area (Å²) in [6.07, 6.45) is 2.53. The molecule has 0 bridgehead atoms. The minimum absolute atomic E-state index is 0.000117. The van der Waals surface area contributed by atoms with Crippen LogP contribution in [0.25, 0.3) is 0 Å². The number of rotatable bonds is 6. The molecule has 4 atom stereocenters. The van der Waals surface area contributed by atoms with Crippen LogP contribution >= 0.6 is 11.8 Å².